The van der Waals surface area contributed by atoms with Crippen LogP contribution in [0.5, 0.6) is 5.88 Å². The molecular formula is C14H23BrN4O. The predicted octanol–water partition coefficient (Wildman–Crippen LogP) is 2.93. The maximum absolute atomic E-state index is 5.78. The van der Waals surface area contributed by atoms with Crippen LogP contribution in [0.1, 0.15) is 32.6 Å². The summed E-state index contributed by atoms with van der Waals surface area (Å²) < 4.78 is 6.59. The number of halogens is 1. The molecule has 112 valence electrons. The molecule has 2 rings (SSSR count). The SMILES string of the molecule is CCCNc1ncnc(OCCN2CCCCC2)c1Br. The van der Waals surface area contributed by atoms with E-state index in [2.05, 4.69) is 43.0 Å². The fourth-order valence-corrected chi connectivity index (χ4v) is 2.73. The Balaban J connectivity index is 1.82. The van der Waals surface area contributed by atoms with Crippen molar-refractivity contribution < 1.29 is 4.74 Å². The maximum atomic E-state index is 5.78. The zero-order valence-electron chi connectivity index (χ0n) is 12.1. The van der Waals surface area contributed by atoms with E-state index >= 15 is 0 Å². The molecule has 1 saturated heterocycles. The third kappa shape index (κ3) is 4.59. The molecule has 1 aromatic heterocycles. The van der Waals surface area contributed by atoms with Crippen molar-refractivity contribution in [3.63, 3.8) is 0 Å². The third-order valence-corrected chi connectivity index (χ3v) is 4.11. The van der Waals surface area contributed by atoms with Gasteiger partial charge in [0.05, 0.1) is 0 Å². The monoisotopic (exact) mass is 342 g/mol. The first-order chi connectivity index (χ1) is 9.81. The lowest BCUT2D eigenvalue weighted by Gasteiger charge is -2.26. The van der Waals surface area contributed by atoms with Crippen LogP contribution in [0.2, 0.25) is 0 Å². The Morgan fingerprint density at radius 3 is 2.85 bits per heavy atom. The number of aromatic nitrogens is 2. The van der Waals surface area contributed by atoms with Crippen LogP contribution in [0.15, 0.2) is 10.8 Å². The zero-order valence-corrected chi connectivity index (χ0v) is 13.7. The Bertz CT molecular complexity index is 410. The van der Waals surface area contributed by atoms with Crippen LogP contribution in [-0.4, -0.2) is 47.7 Å². The molecule has 0 unspecified atom stereocenters. The molecule has 0 aromatic carbocycles. The van der Waals surface area contributed by atoms with Crippen LogP contribution in [0, 0.1) is 0 Å². The van der Waals surface area contributed by atoms with Crippen LogP contribution in [0.3, 0.4) is 0 Å². The van der Waals surface area contributed by atoms with Gasteiger partial charge in [0.15, 0.2) is 0 Å². The van der Waals surface area contributed by atoms with E-state index in [-0.39, 0.29) is 0 Å². The molecule has 0 atom stereocenters. The number of nitrogens with one attached hydrogen (secondary N) is 1. The molecule has 5 nitrogen and oxygen atoms in total. The van der Waals surface area contributed by atoms with E-state index in [1.54, 1.807) is 6.33 Å². The number of piperidine rings is 1. The van der Waals surface area contributed by atoms with Crippen molar-refractivity contribution in [2.45, 2.75) is 32.6 Å². The van der Waals surface area contributed by atoms with E-state index in [0.29, 0.717) is 12.5 Å². The van der Waals surface area contributed by atoms with Gasteiger partial charge in [0.2, 0.25) is 5.88 Å². The lowest BCUT2D eigenvalue weighted by atomic mass is 10.1. The molecule has 1 aliphatic heterocycles. The minimum absolute atomic E-state index is 0.621. The number of rotatable bonds is 7. The second kappa shape index (κ2) is 8.42. The second-order valence-electron chi connectivity index (χ2n) is 5.02. The Morgan fingerprint density at radius 2 is 2.10 bits per heavy atom. The average molecular weight is 343 g/mol. The van der Waals surface area contributed by atoms with Crippen molar-refractivity contribution >= 4 is 21.7 Å². The second-order valence-corrected chi connectivity index (χ2v) is 5.81. The predicted molar refractivity (Wildman–Crippen MR) is 84.3 cm³/mol. The molecule has 0 radical (unpaired) electrons. The highest BCUT2D eigenvalue weighted by Gasteiger charge is 2.12. The minimum atomic E-state index is 0.621. The average Bonchev–Trinajstić information content (AvgIpc) is 2.49. The van der Waals surface area contributed by atoms with Gasteiger partial charge in [-0.2, -0.15) is 0 Å². The van der Waals surface area contributed by atoms with Crippen LogP contribution >= 0.6 is 15.9 Å². The Morgan fingerprint density at radius 1 is 1.30 bits per heavy atom. The molecule has 6 heteroatoms. The third-order valence-electron chi connectivity index (χ3n) is 3.39. The standard InChI is InChI=1S/C14H23BrN4O/c1-2-6-16-13-12(15)14(18-11-17-13)20-10-9-19-7-4-3-5-8-19/h11H,2-10H2,1H3,(H,16,17,18). The van der Waals surface area contributed by atoms with E-state index < -0.39 is 0 Å². The van der Waals surface area contributed by atoms with Crippen LogP contribution in [0.25, 0.3) is 0 Å². The fourth-order valence-electron chi connectivity index (χ4n) is 2.28. The maximum Gasteiger partial charge on any atom is 0.233 e. The first kappa shape index (κ1) is 15.5. The summed E-state index contributed by atoms with van der Waals surface area (Å²) in [5.41, 5.74) is 0. The molecule has 0 bridgehead atoms. The number of likely N-dealkylation sites (tertiary alicyclic amines) is 1. The van der Waals surface area contributed by atoms with Gasteiger partial charge in [-0.1, -0.05) is 13.3 Å². The van der Waals surface area contributed by atoms with E-state index in [1.807, 2.05) is 0 Å². The van der Waals surface area contributed by atoms with Gasteiger partial charge in [0, 0.05) is 13.1 Å². The number of anilines is 1. The van der Waals surface area contributed by atoms with Gasteiger partial charge in [0.1, 0.15) is 23.2 Å². The summed E-state index contributed by atoms with van der Waals surface area (Å²) in [6.07, 6.45) is 6.58. The highest BCUT2D eigenvalue weighted by molar-refractivity contribution is 9.10. The number of ether oxygens (including phenoxy) is 1. The van der Waals surface area contributed by atoms with Gasteiger partial charge < -0.3 is 10.1 Å². The quantitative estimate of drug-likeness (QED) is 0.825. The first-order valence-corrected chi connectivity index (χ1v) is 8.20. The summed E-state index contributed by atoms with van der Waals surface area (Å²) in [5.74, 6) is 1.42. The summed E-state index contributed by atoms with van der Waals surface area (Å²) in [5, 5.41) is 3.25. The van der Waals surface area contributed by atoms with E-state index in [1.165, 1.54) is 32.4 Å². The van der Waals surface area contributed by atoms with Gasteiger partial charge in [-0.25, -0.2) is 9.97 Å². The van der Waals surface area contributed by atoms with E-state index in [9.17, 15) is 0 Å². The summed E-state index contributed by atoms with van der Waals surface area (Å²) in [4.78, 5) is 10.9. The molecule has 0 amide bonds. The molecule has 1 N–H and O–H groups in total. The van der Waals surface area contributed by atoms with Gasteiger partial charge in [0.25, 0.3) is 0 Å². The molecule has 1 fully saturated rings. The molecule has 1 aromatic rings. The van der Waals surface area contributed by atoms with Crippen molar-refractivity contribution in [3.05, 3.63) is 10.8 Å². The largest absolute Gasteiger partial charge is 0.475 e. The Kier molecular flexibility index (Phi) is 6.53. The highest BCUT2D eigenvalue weighted by atomic mass is 79.9. The highest BCUT2D eigenvalue weighted by Crippen LogP contribution is 2.28. The summed E-state index contributed by atoms with van der Waals surface area (Å²) in [6, 6.07) is 0. The van der Waals surface area contributed by atoms with Crippen molar-refractivity contribution in [2.75, 3.05) is 38.1 Å². The Hall–Kier alpha value is -0.880. The van der Waals surface area contributed by atoms with Crippen LogP contribution in [-0.2, 0) is 0 Å². The van der Waals surface area contributed by atoms with Gasteiger partial charge in [-0.3, -0.25) is 4.90 Å². The van der Waals surface area contributed by atoms with E-state index in [4.69, 9.17) is 4.74 Å². The Labute approximate surface area is 129 Å². The molecule has 2 heterocycles. The molecule has 0 saturated carbocycles. The van der Waals surface area contributed by atoms with Crippen molar-refractivity contribution in [2.24, 2.45) is 0 Å². The summed E-state index contributed by atoms with van der Waals surface area (Å²) in [6.45, 7) is 7.03. The van der Waals surface area contributed by atoms with Gasteiger partial charge in [-0.15, -0.1) is 0 Å². The topological polar surface area (TPSA) is 50.3 Å². The summed E-state index contributed by atoms with van der Waals surface area (Å²) >= 11 is 3.51. The molecule has 1 aliphatic rings. The molecule has 0 spiro atoms. The first-order valence-electron chi connectivity index (χ1n) is 7.40. The lowest BCUT2D eigenvalue weighted by Crippen LogP contribution is -2.33. The van der Waals surface area contributed by atoms with Gasteiger partial charge in [-0.05, 0) is 48.3 Å². The molecular weight excluding hydrogens is 320 g/mol. The lowest BCUT2D eigenvalue weighted by molar-refractivity contribution is 0.180. The van der Waals surface area contributed by atoms with Gasteiger partial charge >= 0.3 is 0 Å². The van der Waals surface area contributed by atoms with Crippen molar-refractivity contribution in [1.82, 2.24) is 14.9 Å². The van der Waals surface area contributed by atoms with Crippen LogP contribution < -0.4 is 10.1 Å². The summed E-state index contributed by atoms with van der Waals surface area (Å²) in [7, 11) is 0. The number of hydrogen-bond acceptors (Lipinski definition) is 5. The fraction of sp³-hybridized carbons (Fsp3) is 0.714. The number of nitrogens with zero attached hydrogens (tertiary/aromatic N) is 3. The minimum Gasteiger partial charge on any atom is -0.475 e. The van der Waals surface area contributed by atoms with E-state index in [0.717, 1.165) is 29.8 Å². The molecule has 0 aliphatic carbocycles. The van der Waals surface area contributed by atoms with Crippen molar-refractivity contribution in [1.29, 1.82) is 0 Å². The zero-order chi connectivity index (χ0) is 14.2. The molecule has 20 heavy (non-hydrogen) atoms. The van der Waals surface area contributed by atoms with Crippen LogP contribution in [0.4, 0.5) is 5.82 Å². The number of hydrogen-bond donors (Lipinski definition) is 1. The van der Waals surface area contributed by atoms with Crippen molar-refractivity contribution in [3.8, 4) is 5.88 Å². The normalized spacial score (nSPS) is 16.1. The smallest absolute Gasteiger partial charge is 0.233 e.